The van der Waals surface area contributed by atoms with E-state index in [-0.39, 0.29) is 5.91 Å². The molecule has 0 spiro atoms. The van der Waals surface area contributed by atoms with E-state index < -0.39 is 0 Å². The number of azo groups is 1. The van der Waals surface area contributed by atoms with Crippen molar-refractivity contribution < 1.29 is 4.79 Å². The van der Waals surface area contributed by atoms with Gasteiger partial charge in [-0.25, -0.2) is 0 Å². The summed E-state index contributed by atoms with van der Waals surface area (Å²) in [6, 6.07) is 7.44. The number of hydrogen-bond acceptors (Lipinski definition) is 3. The Labute approximate surface area is 87.5 Å². The summed E-state index contributed by atoms with van der Waals surface area (Å²) in [7, 11) is 0. The highest BCUT2D eigenvalue weighted by Gasteiger charge is 2.18. The Morgan fingerprint density at radius 2 is 1.87 bits per heavy atom. The standard InChI is InChI=1S/C11H11N3O/c1-7-10(11(15)14-13-7)6-8-2-4-9(12)5-3-8/h2-5H,6,12H2,1H3. The van der Waals surface area contributed by atoms with Gasteiger partial charge < -0.3 is 5.73 Å². The van der Waals surface area contributed by atoms with Crippen molar-refractivity contribution in [3.8, 4) is 0 Å². The van der Waals surface area contributed by atoms with Crippen LogP contribution >= 0.6 is 0 Å². The highest BCUT2D eigenvalue weighted by atomic mass is 16.2. The van der Waals surface area contributed by atoms with E-state index in [1.807, 2.05) is 24.3 Å². The molecule has 0 atom stereocenters. The van der Waals surface area contributed by atoms with Crippen LogP contribution in [-0.4, -0.2) is 5.91 Å². The van der Waals surface area contributed by atoms with E-state index in [1.165, 1.54) is 0 Å². The van der Waals surface area contributed by atoms with E-state index in [9.17, 15) is 4.79 Å². The quantitative estimate of drug-likeness (QED) is 0.744. The molecule has 0 fully saturated rings. The number of carbonyl (C=O) groups is 1. The predicted octanol–water partition coefficient (Wildman–Crippen LogP) is 2.08. The molecular formula is C11H11N3O. The van der Waals surface area contributed by atoms with Crippen molar-refractivity contribution in [2.24, 2.45) is 10.2 Å². The maximum absolute atomic E-state index is 11.3. The molecule has 0 unspecified atom stereocenters. The van der Waals surface area contributed by atoms with Gasteiger partial charge in [-0.05, 0) is 24.6 Å². The molecular weight excluding hydrogens is 190 g/mol. The van der Waals surface area contributed by atoms with Crippen LogP contribution in [0.25, 0.3) is 0 Å². The van der Waals surface area contributed by atoms with Gasteiger partial charge in [-0.15, -0.1) is 5.11 Å². The maximum atomic E-state index is 11.3. The van der Waals surface area contributed by atoms with E-state index in [0.29, 0.717) is 17.7 Å². The highest BCUT2D eigenvalue weighted by molar-refractivity contribution is 5.96. The van der Waals surface area contributed by atoms with Gasteiger partial charge in [0.25, 0.3) is 5.91 Å². The van der Waals surface area contributed by atoms with E-state index in [0.717, 1.165) is 11.3 Å². The number of nitrogens with zero attached hydrogens (tertiary/aromatic N) is 2. The van der Waals surface area contributed by atoms with Crippen LogP contribution in [-0.2, 0) is 11.2 Å². The number of allylic oxidation sites excluding steroid dienone is 1. The summed E-state index contributed by atoms with van der Waals surface area (Å²) in [6.07, 6.45) is 0.567. The summed E-state index contributed by atoms with van der Waals surface area (Å²) in [5.74, 6) is -0.232. The number of nitrogen functional groups attached to an aromatic ring is 1. The summed E-state index contributed by atoms with van der Waals surface area (Å²) in [5.41, 5.74) is 8.71. The van der Waals surface area contributed by atoms with Crippen molar-refractivity contribution in [1.82, 2.24) is 0 Å². The number of rotatable bonds is 2. The largest absolute Gasteiger partial charge is 0.399 e. The second kappa shape index (κ2) is 3.65. The minimum atomic E-state index is -0.232. The van der Waals surface area contributed by atoms with E-state index in [4.69, 9.17) is 5.73 Å². The summed E-state index contributed by atoms with van der Waals surface area (Å²) in [6.45, 7) is 1.79. The molecule has 15 heavy (non-hydrogen) atoms. The average molecular weight is 201 g/mol. The predicted molar refractivity (Wildman–Crippen MR) is 57.1 cm³/mol. The van der Waals surface area contributed by atoms with Crippen LogP contribution in [0.2, 0.25) is 0 Å². The van der Waals surface area contributed by atoms with Gasteiger partial charge in [-0.1, -0.05) is 12.1 Å². The first-order valence-electron chi connectivity index (χ1n) is 4.67. The molecule has 76 valence electrons. The molecule has 0 radical (unpaired) electrons. The van der Waals surface area contributed by atoms with Crippen molar-refractivity contribution in [3.63, 3.8) is 0 Å². The monoisotopic (exact) mass is 201 g/mol. The van der Waals surface area contributed by atoms with Crippen LogP contribution in [0.3, 0.4) is 0 Å². The van der Waals surface area contributed by atoms with Gasteiger partial charge in [0.05, 0.1) is 5.70 Å². The third kappa shape index (κ3) is 1.93. The molecule has 0 saturated carbocycles. The lowest BCUT2D eigenvalue weighted by Crippen LogP contribution is -2.00. The first-order chi connectivity index (χ1) is 7.16. The SMILES string of the molecule is CC1=C(Cc2ccc(N)cc2)C(=O)N=N1. The van der Waals surface area contributed by atoms with E-state index in [1.54, 1.807) is 6.92 Å². The summed E-state index contributed by atoms with van der Waals surface area (Å²) in [4.78, 5) is 11.3. The zero-order chi connectivity index (χ0) is 10.8. The van der Waals surface area contributed by atoms with Crippen molar-refractivity contribution in [1.29, 1.82) is 0 Å². The van der Waals surface area contributed by atoms with E-state index >= 15 is 0 Å². The second-order valence-corrected chi connectivity index (χ2v) is 3.49. The lowest BCUT2D eigenvalue weighted by Gasteiger charge is -2.01. The number of hydrogen-bond donors (Lipinski definition) is 1. The smallest absolute Gasteiger partial charge is 0.293 e. The molecule has 0 aliphatic carbocycles. The Morgan fingerprint density at radius 1 is 1.20 bits per heavy atom. The maximum Gasteiger partial charge on any atom is 0.293 e. The fraction of sp³-hybridized carbons (Fsp3) is 0.182. The molecule has 1 heterocycles. The molecule has 4 nitrogen and oxygen atoms in total. The van der Waals surface area contributed by atoms with Gasteiger partial charge >= 0.3 is 0 Å². The molecule has 2 N–H and O–H groups in total. The molecule has 1 aliphatic rings. The average Bonchev–Trinajstić information content (AvgIpc) is 2.53. The lowest BCUT2D eigenvalue weighted by atomic mass is 10.0. The molecule has 0 saturated heterocycles. The van der Waals surface area contributed by atoms with Gasteiger partial charge in [-0.2, -0.15) is 5.11 Å². The lowest BCUT2D eigenvalue weighted by molar-refractivity contribution is -0.114. The van der Waals surface area contributed by atoms with Crippen LogP contribution in [0.5, 0.6) is 0 Å². The molecule has 1 aliphatic heterocycles. The molecule has 1 amide bonds. The number of anilines is 1. The van der Waals surface area contributed by atoms with Gasteiger partial charge in [0, 0.05) is 17.7 Å². The van der Waals surface area contributed by atoms with Gasteiger partial charge in [0.15, 0.2) is 0 Å². The number of amides is 1. The Hall–Kier alpha value is -1.97. The normalized spacial score (nSPS) is 15.1. The zero-order valence-electron chi connectivity index (χ0n) is 8.40. The third-order valence-corrected chi connectivity index (χ3v) is 2.35. The zero-order valence-corrected chi connectivity index (χ0v) is 8.40. The highest BCUT2D eigenvalue weighted by Crippen LogP contribution is 2.20. The summed E-state index contributed by atoms with van der Waals surface area (Å²) in [5, 5.41) is 7.24. The molecule has 1 aromatic rings. The minimum Gasteiger partial charge on any atom is -0.399 e. The van der Waals surface area contributed by atoms with Crippen molar-refractivity contribution in [3.05, 3.63) is 41.1 Å². The van der Waals surface area contributed by atoms with Crippen LogP contribution in [0, 0.1) is 0 Å². The Bertz CT molecular complexity index is 457. The van der Waals surface area contributed by atoms with Crippen LogP contribution < -0.4 is 5.73 Å². The molecule has 1 aromatic carbocycles. The summed E-state index contributed by atoms with van der Waals surface area (Å²) >= 11 is 0. The Kier molecular flexibility index (Phi) is 2.33. The van der Waals surface area contributed by atoms with Gasteiger partial charge in [-0.3, -0.25) is 4.79 Å². The van der Waals surface area contributed by atoms with Crippen LogP contribution in [0.1, 0.15) is 12.5 Å². The minimum absolute atomic E-state index is 0.232. The molecule has 0 aromatic heterocycles. The number of benzene rings is 1. The van der Waals surface area contributed by atoms with Crippen LogP contribution in [0.4, 0.5) is 5.69 Å². The first-order valence-corrected chi connectivity index (χ1v) is 4.67. The number of carbonyl (C=O) groups excluding carboxylic acids is 1. The fourth-order valence-electron chi connectivity index (χ4n) is 1.44. The van der Waals surface area contributed by atoms with Gasteiger partial charge in [0.2, 0.25) is 0 Å². The third-order valence-electron chi connectivity index (χ3n) is 2.35. The molecule has 4 heteroatoms. The van der Waals surface area contributed by atoms with E-state index in [2.05, 4.69) is 10.2 Å². The van der Waals surface area contributed by atoms with Gasteiger partial charge in [0.1, 0.15) is 0 Å². The number of nitrogens with two attached hydrogens (primary N) is 1. The Morgan fingerprint density at radius 3 is 2.40 bits per heavy atom. The summed E-state index contributed by atoms with van der Waals surface area (Å²) < 4.78 is 0. The van der Waals surface area contributed by atoms with Crippen molar-refractivity contribution in [2.45, 2.75) is 13.3 Å². The molecule has 0 bridgehead atoms. The fourth-order valence-corrected chi connectivity index (χ4v) is 1.44. The molecule has 2 rings (SSSR count). The second-order valence-electron chi connectivity index (χ2n) is 3.49. The first kappa shape index (κ1) is 9.58. The van der Waals surface area contributed by atoms with Crippen molar-refractivity contribution >= 4 is 11.6 Å². The Balaban J connectivity index is 2.20. The topological polar surface area (TPSA) is 67.8 Å². The van der Waals surface area contributed by atoms with Crippen molar-refractivity contribution in [2.75, 3.05) is 5.73 Å². The van der Waals surface area contributed by atoms with Crippen LogP contribution in [0.15, 0.2) is 45.8 Å².